The van der Waals surface area contributed by atoms with Crippen molar-refractivity contribution in [1.29, 1.82) is 0 Å². The molecule has 0 heterocycles. The van der Waals surface area contributed by atoms with Gasteiger partial charge in [0, 0.05) is 12.7 Å². The third kappa shape index (κ3) is 6.91. The second-order valence-corrected chi connectivity index (χ2v) is 3.88. The average Bonchev–Trinajstić information content (AvgIpc) is 2.12. The van der Waals surface area contributed by atoms with Crippen molar-refractivity contribution in [1.82, 2.24) is 0 Å². The number of rotatable bonds is 6. The minimum atomic E-state index is -0.553. The van der Waals surface area contributed by atoms with Gasteiger partial charge in [-0.15, -0.1) is 0 Å². The first kappa shape index (κ1) is 13.4. The molecule has 0 aliphatic rings. The van der Waals surface area contributed by atoms with E-state index in [9.17, 15) is 9.59 Å². The maximum Gasteiger partial charge on any atom is 0.334 e. The Bertz CT molecular complexity index is 193. The van der Waals surface area contributed by atoms with Crippen LogP contribution in [0.3, 0.4) is 0 Å². The molecule has 0 rings (SSSR count). The Morgan fingerprint density at radius 1 is 1.43 bits per heavy atom. The molecular formula is C9H16O4S. The van der Waals surface area contributed by atoms with Gasteiger partial charge in [0.15, 0.2) is 11.2 Å². The molecule has 0 spiro atoms. The third-order valence-corrected chi connectivity index (χ3v) is 2.15. The van der Waals surface area contributed by atoms with Crippen LogP contribution < -0.4 is 0 Å². The summed E-state index contributed by atoms with van der Waals surface area (Å²) in [6, 6.07) is 0. The van der Waals surface area contributed by atoms with Crippen molar-refractivity contribution in [3.05, 3.63) is 0 Å². The number of esters is 1. The molecule has 0 aromatic heterocycles. The van der Waals surface area contributed by atoms with Crippen molar-refractivity contribution >= 4 is 22.8 Å². The van der Waals surface area contributed by atoms with Gasteiger partial charge in [0.25, 0.3) is 0 Å². The van der Waals surface area contributed by atoms with E-state index < -0.39 is 6.10 Å². The van der Waals surface area contributed by atoms with Gasteiger partial charge < -0.3 is 9.47 Å². The lowest BCUT2D eigenvalue weighted by molar-refractivity contribution is -0.155. The second-order valence-electron chi connectivity index (χ2n) is 2.61. The number of hydrogen-bond donors (Lipinski definition) is 0. The van der Waals surface area contributed by atoms with Crippen molar-refractivity contribution in [3.8, 4) is 0 Å². The normalized spacial score (nSPS) is 12.2. The lowest BCUT2D eigenvalue weighted by Crippen LogP contribution is -2.24. The lowest BCUT2D eigenvalue weighted by atomic mass is 10.4. The Hall–Kier alpha value is -0.550. The molecule has 0 N–H and O–H groups in total. The fraction of sp³-hybridized carbons (Fsp3) is 0.778. The Balaban J connectivity index is 3.48. The fourth-order valence-corrected chi connectivity index (χ4v) is 1.20. The summed E-state index contributed by atoms with van der Waals surface area (Å²) in [6.45, 7) is 5.62. The number of carbonyl (C=O) groups excluding carboxylic acids is 2. The molecule has 0 amide bonds. The first-order chi connectivity index (χ1) is 6.57. The van der Waals surface area contributed by atoms with Gasteiger partial charge in [-0.25, -0.2) is 4.79 Å². The Kier molecular flexibility index (Phi) is 7.51. The standard InChI is InChI=1S/C9H16O4S/c1-4-12-9(11)7(2)13-5-6-14-8(3)10/h7H,4-6H2,1-3H3/t7-/m0/s1. The molecule has 5 heteroatoms. The van der Waals surface area contributed by atoms with Gasteiger partial charge in [0.05, 0.1) is 13.2 Å². The molecule has 0 unspecified atom stereocenters. The van der Waals surface area contributed by atoms with E-state index in [4.69, 9.17) is 9.47 Å². The zero-order chi connectivity index (χ0) is 11.0. The molecule has 0 aliphatic carbocycles. The molecule has 14 heavy (non-hydrogen) atoms. The zero-order valence-corrected chi connectivity index (χ0v) is 9.56. The number of hydrogen-bond acceptors (Lipinski definition) is 5. The summed E-state index contributed by atoms with van der Waals surface area (Å²) in [5.41, 5.74) is 0. The van der Waals surface area contributed by atoms with Gasteiger partial charge in [0.1, 0.15) is 0 Å². The summed E-state index contributed by atoms with van der Waals surface area (Å²) < 4.78 is 9.90. The van der Waals surface area contributed by atoms with E-state index in [2.05, 4.69) is 0 Å². The molecule has 4 nitrogen and oxygen atoms in total. The van der Waals surface area contributed by atoms with Crippen LogP contribution in [-0.2, 0) is 19.1 Å². The Labute approximate surface area is 88.3 Å². The number of carbonyl (C=O) groups is 2. The van der Waals surface area contributed by atoms with E-state index in [0.29, 0.717) is 19.0 Å². The maximum absolute atomic E-state index is 11.1. The molecular weight excluding hydrogens is 204 g/mol. The highest BCUT2D eigenvalue weighted by Gasteiger charge is 2.13. The predicted octanol–water partition coefficient (Wildman–Crippen LogP) is 1.23. The highest BCUT2D eigenvalue weighted by Crippen LogP contribution is 2.02. The van der Waals surface area contributed by atoms with Gasteiger partial charge in [-0.1, -0.05) is 11.8 Å². The van der Waals surface area contributed by atoms with Crippen molar-refractivity contribution in [2.75, 3.05) is 19.0 Å². The van der Waals surface area contributed by atoms with Crippen LogP contribution in [0.5, 0.6) is 0 Å². The van der Waals surface area contributed by atoms with Crippen molar-refractivity contribution in [2.45, 2.75) is 26.9 Å². The largest absolute Gasteiger partial charge is 0.464 e. The van der Waals surface area contributed by atoms with Crippen LogP contribution in [0.25, 0.3) is 0 Å². The van der Waals surface area contributed by atoms with Gasteiger partial charge in [0.2, 0.25) is 0 Å². The van der Waals surface area contributed by atoms with Crippen molar-refractivity contribution in [3.63, 3.8) is 0 Å². The number of thioether (sulfide) groups is 1. The average molecular weight is 220 g/mol. The summed E-state index contributed by atoms with van der Waals surface area (Å²) in [5, 5.41) is 0.0531. The van der Waals surface area contributed by atoms with E-state index >= 15 is 0 Å². The molecule has 0 saturated carbocycles. The molecule has 0 aliphatic heterocycles. The lowest BCUT2D eigenvalue weighted by Gasteiger charge is -2.10. The van der Waals surface area contributed by atoms with E-state index in [1.54, 1.807) is 13.8 Å². The Morgan fingerprint density at radius 3 is 2.57 bits per heavy atom. The monoisotopic (exact) mass is 220 g/mol. The molecule has 0 saturated heterocycles. The molecule has 0 aromatic rings. The molecule has 0 fully saturated rings. The summed E-state index contributed by atoms with van der Waals surface area (Å²) in [6.07, 6.45) is -0.553. The summed E-state index contributed by atoms with van der Waals surface area (Å²) >= 11 is 1.18. The maximum atomic E-state index is 11.1. The summed E-state index contributed by atoms with van der Waals surface area (Å²) in [5.74, 6) is 0.208. The van der Waals surface area contributed by atoms with Crippen LogP contribution in [0, 0.1) is 0 Å². The Morgan fingerprint density at radius 2 is 2.07 bits per heavy atom. The fourth-order valence-electron chi connectivity index (χ4n) is 0.738. The highest BCUT2D eigenvalue weighted by atomic mass is 32.2. The van der Waals surface area contributed by atoms with E-state index in [1.807, 2.05) is 0 Å². The van der Waals surface area contributed by atoms with Gasteiger partial charge in [-0.3, -0.25) is 4.79 Å². The molecule has 1 atom stereocenters. The van der Waals surface area contributed by atoms with E-state index in [-0.39, 0.29) is 11.1 Å². The van der Waals surface area contributed by atoms with Gasteiger partial charge >= 0.3 is 5.97 Å². The van der Waals surface area contributed by atoms with Crippen LogP contribution >= 0.6 is 11.8 Å². The quantitative estimate of drug-likeness (QED) is 0.498. The van der Waals surface area contributed by atoms with Crippen LogP contribution in [0.15, 0.2) is 0 Å². The summed E-state index contributed by atoms with van der Waals surface area (Å²) in [7, 11) is 0. The minimum Gasteiger partial charge on any atom is -0.464 e. The first-order valence-corrected chi connectivity index (χ1v) is 5.48. The smallest absolute Gasteiger partial charge is 0.334 e. The van der Waals surface area contributed by atoms with Crippen molar-refractivity contribution < 1.29 is 19.1 Å². The van der Waals surface area contributed by atoms with Crippen LogP contribution in [0.4, 0.5) is 0 Å². The van der Waals surface area contributed by atoms with E-state index in [1.165, 1.54) is 18.7 Å². The van der Waals surface area contributed by atoms with Gasteiger partial charge in [-0.05, 0) is 13.8 Å². The minimum absolute atomic E-state index is 0.0531. The molecule has 82 valence electrons. The number of ether oxygens (including phenoxy) is 2. The first-order valence-electron chi connectivity index (χ1n) is 4.49. The third-order valence-electron chi connectivity index (χ3n) is 1.38. The molecule has 0 bridgehead atoms. The van der Waals surface area contributed by atoms with Crippen molar-refractivity contribution in [2.24, 2.45) is 0 Å². The van der Waals surface area contributed by atoms with Crippen LogP contribution in [0.1, 0.15) is 20.8 Å². The van der Waals surface area contributed by atoms with Gasteiger partial charge in [-0.2, -0.15) is 0 Å². The highest BCUT2D eigenvalue weighted by molar-refractivity contribution is 8.13. The molecule has 0 aromatic carbocycles. The van der Waals surface area contributed by atoms with Crippen LogP contribution in [-0.4, -0.2) is 36.2 Å². The van der Waals surface area contributed by atoms with E-state index in [0.717, 1.165) is 0 Å². The topological polar surface area (TPSA) is 52.6 Å². The molecule has 0 radical (unpaired) electrons. The SMILES string of the molecule is CCOC(=O)[C@H](C)OCCSC(C)=O. The zero-order valence-electron chi connectivity index (χ0n) is 8.74. The second kappa shape index (κ2) is 7.82. The summed E-state index contributed by atoms with van der Waals surface area (Å²) in [4.78, 5) is 21.6. The predicted molar refractivity (Wildman–Crippen MR) is 55.2 cm³/mol. The van der Waals surface area contributed by atoms with Crippen LogP contribution in [0.2, 0.25) is 0 Å².